The molecule has 0 saturated heterocycles. The molecule has 0 saturated carbocycles. The molecule has 18 heavy (non-hydrogen) atoms. The zero-order chi connectivity index (χ0) is 12.8. The summed E-state index contributed by atoms with van der Waals surface area (Å²) < 4.78 is 1.28. The standard InChI is InChI=1S/C16H18IN/c1-2-14-5-3-4-6-15(14)12-18-11-13-7-9-16(17)10-8-13/h3-10,18H,2,11-12H2,1H3. The van der Waals surface area contributed by atoms with E-state index in [1.807, 2.05) is 0 Å². The highest BCUT2D eigenvalue weighted by atomic mass is 127. The highest BCUT2D eigenvalue weighted by Crippen LogP contribution is 2.10. The molecule has 94 valence electrons. The van der Waals surface area contributed by atoms with Gasteiger partial charge in [-0.05, 0) is 57.8 Å². The molecule has 0 radical (unpaired) electrons. The summed E-state index contributed by atoms with van der Waals surface area (Å²) in [4.78, 5) is 0. The molecule has 0 aliphatic rings. The van der Waals surface area contributed by atoms with E-state index in [0.29, 0.717) is 0 Å². The lowest BCUT2D eigenvalue weighted by Gasteiger charge is -2.09. The Morgan fingerprint density at radius 2 is 1.56 bits per heavy atom. The molecule has 0 aliphatic heterocycles. The fourth-order valence-corrected chi connectivity index (χ4v) is 2.38. The van der Waals surface area contributed by atoms with E-state index in [0.717, 1.165) is 19.5 Å². The van der Waals surface area contributed by atoms with Crippen LogP contribution < -0.4 is 5.32 Å². The first-order valence-electron chi connectivity index (χ1n) is 6.31. The first-order valence-corrected chi connectivity index (χ1v) is 7.39. The van der Waals surface area contributed by atoms with Gasteiger partial charge in [-0.1, -0.05) is 43.3 Å². The maximum atomic E-state index is 3.51. The van der Waals surface area contributed by atoms with Crippen molar-refractivity contribution in [2.75, 3.05) is 0 Å². The Labute approximate surface area is 123 Å². The molecule has 2 heteroatoms. The lowest BCUT2D eigenvalue weighted by Crippen LogP contribution is -2.13. The van der Waals surface area contributed by atoms with Crippen LogP contribution in [-0.2, 0) is 19.5 Å². The van der Waals surface area contributed by atoms with Crippen LogP contribution in [0.5, 0.6) is 0 Å². The van der Waals surface area contributed by atoms with E-state index in [-0.39, 0.29) is 0 Å². The van der Waals surface area contributed by atoms with Crippen LogP contribution >= 0.6 is 22.6 Å². The van der Waals surface area contributed by atoms with E-state index in [2.05, 4.69) is 83.4 Å². The predicted octanol–water partition coefficient (Wildman–Crippen LogP) is 4.14. The topological polar surface area (TPSA) is 12.0 Å². The van der Waals surface area contributed by atoms with Crippen molar-refractivity contribution in [2.24, 2.45) is 0 Å². The van der Waals surface area contributed by atoms with Crippen molar-refractivity contribution in [1.82, 2.24) is 5.32 Å². The maximum absolute atomic E-state index is 3.51. The minimum absolute atomic E-state index is 0.926. The van der Waals surface area contributed by atoms with Gasteiger partial charge in [0, 0.05) is 16.7 Å². The minimum atomic E-state index is 0.926. The van der Waals surface area contributed by atoms with Crippen LogP contribution in [0.25, 0.3) is 0 Å². The summed E-state index contributed by atoms with van der Waals surface area (Å²) in [5, 5.41) is 3.51. The normalized spacial score (nSPS) is 10.6. The summed E-state index contributed by atoms with van der Waals surface area (Å²) in [6.07, 6.45) is 1.10. The van der Waals surface area contributed by atoms with E-state index in [4.69, 9.17) is 0 Å². The Morgan fingerprint density at radius 1 is 0.889 bits per heavy atom. The zero-order valence-electron chi connectivity index (χ0n) is 10.6. The Kier molecular flexibility index (Phi) is 5.20. The molecule has 1 N–H and O–H groups in total. The molecular formula is C16H18IN. The molecule has 0 atom stereocenters. The van der Waals surface area contributed by atoms with Crippen molar-refractivity contribution < 1.29 is 0 Å². The summed E-state index contributed by atoms with van der Waals surface area (Å²) >= 11 is 2.33. The van der Waals surface area contributed by atoms with Crippen LogP contribution in [0.15, 0.2) is 48.5 Å². The summed E-state index contributed by atoms with van der Waals surface area (Å²) in [6.45, 7) is 4.07. The molecule has 0 unspecified atom stereocenters. The van der Waals surface area contributed by atoms with Gasteiger partial charge in [-0.15, -0.1) is 0 Å². The second kappa shape index (κ2) is 6.90. The molecular weight excluding hydrogens is 333 g/mol. The number of hydrogen-bond acceptors (Lipinski definition) is 1. The van der Waals surface area contributed by atoms with Gasteiger partial charge in [0.2, 0.25) is 0 Å². The van der Waals surface area contributed by atoms with Crippen molar-refractivity contribution in [3.05, 3.63) is 68.8 Å². The van der Waals surface area contributed by atoms with Crippen molar-refractivity contribution in [3.8, 4) is 0 Å². The van der Waals surface area contributed by atoms with E-state index in [1.165, 1.54) is 20.3 Å². The molecule has 1 nitrogen and oxygen atoms in total. The first kappa shape index (κ1) is 13.6. The summed E-state index contributed by atoms with van der Waals surface area (Å²) in [5.74, 6) is 0. The van der Waals surface area contributed by atoms with E-state index >= 15 is 0 Å². The van der Waals surface area contributed by atoms with Gasteiger partial charge in [0.1, 0.15) is 0 Å². The van der Waals surface area contributed by atoms with Gasteiger partial charge in [-0.25, -0.2) is 0 Å². The quantitative estimate of drug-likeness (QED) is 0.799. The molecule has 0 spiro atoms. The second-order valence-corrected chi connectivity index (χ2v) is 5.60. The fraction of sp³-hybridized carbons (Fsp3) is 0.250. The molecule has 0 heterocycles. The highest BCUT2D eigenvalue weighted by Gasteiger charge is 1.99. The Balaban J connectivity index is 1.90. The summed E-state index contributed by atoms with van der Waals surface area (Å²) in [6, 6.07) is 17.3. The average Bonchev–Trinajstić information content (AvgIpc) is 2.41. The lowest BCUT2D eigenvalue weighted by atomic mass is 10.1. The molecule has 0 aromatic heterocycles. The van der Waals surface area contributed by atoms with Gasteiger partial charge in [-0.3, -0.25) is 0 Å². The van der Waals surface area contributed by atoms with E-state index in [9.17, 15) is 0 Å². The monoisotopic (exact) mass is 351 g/mol. The third-order valence-corrected chi connectivity index (χ3v) is 3.78. The van der Waals surface area contributed by atoms with Crippen molar-refractivity contribution in [3.63, 3.8) is 0 Å². The molecule has 0 aliphatic carbocycles. The zero-order valence-corrected chi connectivity index (χ0v) is 12.8. The minimum Gasteiger partial charge on any atom is -0.309 e. The summed E-state index contributed by atoms with van der Waals surface area (Å²) in [5.41, 5.74) is 4.18. The number of rotatable bonds is 5. The molecule has 2 rings (SSSR count). The van der Waals surface area contributed by atoms with Crippen LogP contribution in [-0.4, -0.2) is 0 Å². The van der Waals surface area contributed by atoms with Crippen molar-refractivity contribution in [1.29, 1.82) is 0 Å². The van der Waals surface area contributed by atoms with Gasteiger partial charge < -0.3 is 5.32 Å². The van der Waals surface area contributed by atoms with Crippen LogP contribution in [0.2, 0.25) is 0 Å². The third-order valence-electron chi connectivity index (χ3n) is 3.06. The van der Waals surface area contributed by atoms with Crippen LogP contribution in [0.4, 0.5) is 0 Å². The van der Waals surface area contributed by atoms with Gasteiger partial charge in [0.25, 0.3) is 0 Å². The molecule has 0 amide bonds. The van der Waals surface area contributed by atoms with Crippen LogP contribution in [0.1, 0.15) is 23.6 Å². The smallest absolute Gasteiger partial charge is 0.0211 e. The molecule has 2 aromatic rings. The maximum Gasteiger partial charge on any atom is 0.0211 e. The number of hydrogen-bond donors (Lipinski definition) is 1. The molecule has 0 fully saturated rings. The van der Waals surface area contributed by atoms with Crippen LogP contribution in [0.3, 0.4) is 0 Å². The number of aryl methyl sites for hydroxylation is 1. The molecule has 2 aromatic carbocycles. The number of halogens is 1. The van der Waals surface area contributed by atoms with Gasteiger partial charge in [-0.2, -0.15) is 0 Å². The Hall–Kier alpha value is -0.870. The van der Waals surface area contributed by atoms with E-state index < -0.39 is 0 Å². The third kappa shape index (κ3) is 3.82. The number of benzene rings is 2. The van der Waals surface area contributed by atoms with Crippen molar-refractivity contribution in [2.45, 2.75) is 26.4 Å². The summed E-state index contributed by atoms with van der Waals surface area (Å²) in [7, 11) is 0. The Bertz CT molecular complexity index is 491. The largest absolute Gasteiger partial charge is 0.309 e. The van der Waals surface area contributed by atoms with Gasteiger partial charge >= 0.3 is 0 Å². The van der Waals surface area contributed by atoms with Gasteiger partial charge in [0.15, 0.2) is 0 Å². The molecule has 0 bridgehead atoms. The van der Waals surface area contributed by atoms with E-state index in [1.54, 1.807) is 0 Å². The SMILES string of the molecule is CCc1ccccc1CNCc1ccc(I)cc1. The van der Waals surface area contributed by atoms with Gasteiger partial charge in [0.05, 0.1) is 0 Å². The highest BCUT2D eigenvalue weighted by molar-refractivity contribution is 14.1. The average molecular weight is 351 g/mol. The fourth-order valence-electron chi connectivity index (χ4n) is 2.02. The second-order valence-electron chi connectivity index (χ2n) is 4.35. The number of nitrogens with one attached hydrogen (secondary N) is 1. The van der Waals surface area contributed by atoms with Crippen molar-refractivity contribution >= 4 is 22.6 Å². The predicted molar refractivity (Wildman–Crippen MR) is 85.5 cm³/mol. The Morgan fingerprint density at radius 3 is 2.22 bits per heavy atom. The first-order chi connectivity index (χ1) is 8.79. The van der Waals surface area contributed by atoms with Crippen LogP contribution in [0, 0.1) is 3.57 Å². The lowest BCUT2D eigenvalue weighted by molar-refractivity contribution is 0.688.